The molecular formula is C27H28F4N4O3. The van der Waals surface area contributed by atoms with Gasteiger partial charge in [0.15, 0.2) is 6.23 Å². The van der Waals surface area contributed by atoms with Gasteiger partial charge < -0.3 is 20.0 Å². The van der Waals surface area contributed by atoms with Crippen LogP contribution in [0, 0.1) is 11.7 Å². The molecule has 0 radical (unpaired) electrons. The van der Waals surface area contributed by atoms with Crippen LogP contribution in [0.15, 0.2) is 46.9 Å². The van der Waals surface area contributed by atoms with Gasteiger partial charge in [-0.05, 0) is 48.2 Å². The number of halogens is 4. The number of nitrogens with zero attached hydrogens (tertiary/aromatic N) is 2. The topological polar surface area (TPSA) is 106 Å². The van der Waals surface area contributed by atoms with E-state index in [1.54, 1.807) is 12.1 Å². The number of benzene rings is 2. The molecule has 38 heavy (non-hydrogen) atoms. The molecule has 0 aliphatic rings. The molecule has 1 unspecified atom stereocenters. The maximum Gasteiger partial charge on any atom is 0.433 e. The van der Waals surface area contributed by atoms with Crippen LogP contribution >= 0.6 is 0 Å². The van der Waals surface area contributed by atoms with E-state index >= 15 is 0 Å². The Hall–Kier alpha value is -3.54. The molecule has 0 bridgehead atoms. The highest BCUT2D eigenvalue weighted by Crippen LogP contribution is 2.37. The molecular weight excluding hydrogens is 504 g/mol. The Labute approximate surface area is 216 Å². The molecule has 2 aromatic carbocycles. The molecule has 2 aromatic heterocycles. The van der Waals surface area contributed by atoms with E-state index < -0.39 is 23.9 Å². The van der Waals surface area contributed by atoms with E-state index in [-0.39, 0.29) is 41.7 Å². The monoisotopic (exact) mass is 532 g/mol. The lowest BCUT2D eigenvalue weighted by Crippen LogP contribution is -2.23. The molecule has 4 rings (SSSR count). The Kier molecular flexibility index (Phi) is 8.00. The van der Waals surface area contributed by atoms with Gasteiger partial charge in [0.25, 0.3) is 0 Å². The first-order valence-corrected chi connectivity index (χ1v) is 12.0. The van der Waals surface area contributed by atoms with E-state index in [0.717, 1.165) is 11.6 Å². The molecule has 202 valence electrons. The van der Waals surface area contributed by atoms with Gasteiger partial charge in [0.2, 0.25) is 5.89 Å². The van der Waals surface area contributed by atoms with E-state index in [1.807, 2.05) is 19.9 Å². The smallest absolute Gasteiger partial charge is 0.433 e. The Bertz CT molecular complexity index is 1440. The summed E-state index contributed by atoms with van der Waals surface area (Å²) in [4.78, 5) is 8.14. The third-order valence-corrected chi connectivity index (χ3v) is 6.05. The predicted molar refractivity (Wildman–Crippen MR) is 133 cm³/mol. The molecule has 1 atom stereocenters. The number of fused-ring (bicyclic) bond motifs is 1. The minimum absolute atomic E-state index is 0.0234. The molecule has 2 heterocycles. The quantitative estimate of drug-likeness (QED) is 0.193. The van der Waals surface area contributed by atoms with Gasteiger partial charge in [-0.2, -0.15) is 13.2 Å². The fraction of sp³-hybridized carbons (Fsp3) is 0.333. The highest BCUT2D eigenvalue weighted by atomic mass is 19.4. The molecule has 4 aromatic rings. The molecule has 0 aliphatic carbocycles. The first-order valence-electron chi connectivity index (χ1n) is 12.0. The molecule has 0 spiro atoms. The maximum absolute atomic E-state index is 14.6. The van der Waals surface area contributed by atoms with Gasteiger partial charge in [0, 0.05) is 23.1 Å². The Balaban J connectivity index is 1.68. The van der Waals surface area contributed by atoms with Crippen LogP contribution in [0.25, 0.3) is 22.4 Å². The van der Waals surface area contributed by atoms with Gasteiger partial charge in [0.1, 0.15) is 34.2 Å². The summed E-state index contributed by atoms with van der Waals surface area (Å²) in [6.45, 7) is 3.98. The van der Waals surface area contributed by atoms with Crippen molar-refractivity contribution in [2.24, 2.45) is 11.7 Å². The number of nitrogens with one attached hydrogen (secondary N) is 1. The van der Waals surface area contributed by atoms with Crippen molar-refractivity contribution in [1.82, 2.24) is 15.3 Å². The number of hydrogen-bond acceptors (Lipinski definition) is 7. The Morgan fingerprint density at radius 2 is 1.87 bits per heavy atom. The largest absolute Gasteiger partial charge is 0.494 e. The number of ether oxygens (including phenoxy) is 1. The van der Waals surface area contributed by atoms with Crippen molar-refractivity contribution < 1.29 is 31.8 Å². The number of aliphatic hydroxyl groups excluding tert-OH is 1. The van der Waals surface area contributed by atoms with Crippen LogP contribution in [-0.4, -0.2) is 22.2 Å². The molecule has 0 saturated heterocycles. The lowest BCUT2D eigenvalue weighted by Gasteiger charge is -2.16. The third-order valence-electron chi connectivity index (χ3n) is 6.05. The fourth-order valence-electron chi connectivity index (χ4n) is 4.27. The van der Waals surface area contributed by atoms with Crippen LogP contribution in [0.3, 0.4) is 0 Å². The van der Waals surface area contributed by atoms with Gasteiger partial charge in [-0.1, -0.05) is 26.0 Å². The molecule has 0 amide bonds. The summed E-state index contributed by atoms with van der Waals surface area (Å²) in [5.74, 6) is 0.257. The highest BCUT2D eigenvalue weighted by molar-refractivity contribution is 5.96. The van der Waals surface area contributed by atoms with Crippen LogP contribution in [0.1, 0.15) is 48.4 Å². The number of nitrogens with two attached hydrogens (primary N) is 1. The lowest BCUT2D eigenvalue weighted by molar-refractivity contribution is -0.140. The summed E-state index contributed by atoms with van der Waals surface area (Å²) in [5, 5.41) is 14.0. The zero-order chi connectivity index (χ0) is 27.6. The molecule has 0 saturated carbocycles. The van der Waals surface area contributed by atoms with Crippen molar-refractivity contribution >= 4 is 10.9 Å². The van der Waals surface area contributed by atoms with Gasteiger partial charge in [-0.25, -0.2) is 14.4 Å². The van der Waals surface area contributed by atoms with E-state index in [9.17, 15) is 22.7 Å². The average Bonchev–Trinajstić information content (AvgIpc) is 3.30. The third kappa shape index (κ3) is 5.64. The summed E-state index contributed by atoms with van der Waals surface area (Å²) in [5.41, 5.74) is 6.43. The predicted octanol–water partition coefficient (Wildman–Crippen LogP) is 5.49. The standard InChI is InChI=1S/C27H28F4N4O3/c1-14(2)11-15-5-4-6-19(28)18(15)13-33-25(36)24-21(12-32)38-26(35-24)17-7-9-20(37-3)23-16(17)8-10-22(34-23)27(29,30)31/h4-10,14,25,33,36H,11-13,32H2,1-3H3. The van der Waals surface area contributed by atoms with Crippen molar-refractivity contribution in [1.29, 1.82) is 0 Å². The average molecular weight is 533 g/mol. The maximum atomic E-state index is 14.6. The summed E-state index contributed by atoms with van der Waals surface area (Å²) in [6.07, 6.45) is -5.32. The van der Waals surface area contributed by atoms with Crippen molar-refractivity contribution in [2.75, 3.05) is 7.11 Å². The van der Waals surface area contributed by atoms with E-state index in [0.29, 0.717) is 28.9 Å². The van der Waals surface area contributed by atoms with Gasteiger partial charge >= 0.3 is 6.18 Å². The lowest BCUT2D eigenvalue weighted by atomic mass is 9.97. The SMILES string of the molecule is COc1ccc(-c2nc(C(O)NCc3c(F)cccc3CC(C)C)c(CN)o2)c2ccc(C(F)(F)F)nc12. The summed E-state index contributed by atoms with van der Waals surface area (Å²) < 4.78 is 65.4. The second-order valence-electron chi connectivity index (χ2n) is 9.20. The van der Waals surface area contributed by atoms with Crippen molar-refractivity contribution in [3.8, 4) is 17.2 Å². The highest BCUT2D eigenvalue weighted by Gasteiger charge is 2.33. The van der Waals surface area contributed by atoms with Gasteiger partial charge in [-0.15, -0.1) is 0 Å². The summed E-state index contributed by atoms with van der Waals surface area (Å²) >= 11 is 0. The Morgan fingerprint density at radius 3 is 2.53 bits per heavy atom. The normalized spacial score (nSPS) is 12.9. The number of hydrogen-bond donors (Lipinski definition) is 3. The molecule has 4 N–H and O–H groups in total. The second-order valence-corrected chi connectivity index (χ2v) is 9.20. The zero-order valence-electron chi connectivity index (χ0n) is 21.1. The van der Waals surface area contributed by atoms with E-state index in [4.69, 9.17) is 14.9 Å². The molecule has 0 aliphatic heterocycles. The van der Waals surface area contributed by atoms with E-state index in [1.165, 1.54) is 25.3 Å². The van der Waals surface area contributed by atoms with Crippen LogP contribution in [0.5, 0.6) is 5.75 Å². The first-order chi connectivity index (χ1) is 18.0. The van der Waals surface area contributed by atoms with Crippen molar-refractivity contribution in [3.05, 3.63) is 76.6 Å². The number of methoxy groups -OCH3 is 1. The van der Waals surface area contributed by atoms with Gasteiger partial charge in [0.05, 0.1) is 13.7 Å². The van der Waals surface area contributed by atoms with Gasteiger partial charge in [-0.3, -0.25) is 5.32 Å². The fourth-order valence-corrected chi connectivity index (χ4v) is 4.27. The zero-order valence-corrected chi connectivity index (χ0v) is 21.1. The summed E-state index contributed by atoms with van der Waals surface area (Å²) in [7, 11) is 1.33. The number of aromatic nitrogens is 2. The van der Waals surface area contributed by atoms with Crippen molar-refractivity contribution in [3.63, 3.8) is 0 Å². The second kappa shape index (κ2) is 11.1. The van der Waals surface area contributed by atoms with Crippen LogP contribution in [0.2, 0.25) is 0 Å². The van der Waals surface area contributed by atoms with Crippen LogP contribution in [-0.2, 0) is 25.7 Å². The Morgan fingerprint density at radius 1 is 1.11 bits per heavy atom. The number of oxazole rings is 1. The minimum Gasteiger partial charge on any atom is -0.494 e. The minimum atomic E-state index is -4.64. The van der Waals surface area contributed by atoms with Crippen LogP contribution < -0.4 is 15.8 Å². The number of rotatable bonds is 9. The number of pyridine rings is 1. The number of alkyl halides is 3. The van der Waals surface area contributed by atoms with E-state index in [2.05, 4.69) is 15.3 Å². The molecule has 0 fully saturated rings. The van der Waals surface area contributed by atoms with Crippen molar-refractivity contribution in [2.45, 2.75) is 45.8 Å². The molecule has 7 nitrogen and oxygen atoms in total. The van der Waals surface area contributed by atoms with Crippen LogP contribution in [0.4, 0.5) is 17.6 Å². The first kappa shape index (κ1) is 27.5. The summed E-state index contributed by atoms with van der Waals surface area (Å²) in [6, 6.07) is 10.0. The number of aliphatic hydroxyl groups is 1. The molecule has 11 heteroatoms.